The van der Waals surface area contributed by atoms with Crippen LogP contribution in [0.4, 0.5) is 5.69 Å². The number of hydrogen-bond acceptors (Lipinski definition) is 4. The topological polar surface area (TPSA) is 84.3 Å². The number of aromatic nitrogens is 2. The second-order valence-electron chi connectivity index (χ2n) is 7.73. The third kappa shape index (κ3) is 3.97. The van der Waals surface area contributed by atoms with Gasteiger partial charge in [-0.1, -0.05) is 24.6 Å². The van der Waals surface area contributed by atoms with E-state index in [0.717, 1.165) is 36.1 Å². The van der Waals surface area contributed by atoms with Crippen molar-refractivity contribution in [3.05, 3.63) is 53.9 Å². The molecule has 1 amide bonds. The summed E-state index contributed by atoms with van der Waals surface area (Å²) >= 11 is 0. The van der Waals surface area contributed by atoms with Crippen LogP contribution in [0.5, 0.6) is 0 Å². The Hall–Kier alpha value is -2.71. The Kier molecular flexibility index (Phi) is 5.62. The van der Waals surface area contributed by atoms with Crippen molar-refractivity contribution in [3.63, 3.8) is 0 Å². The molecule has 8 heteroatoms. The van der Waals surface area contributed by atoms with E-state index < -0.39 is 10.0 Å². The first-order valence-corrected chi connectivity index (χ1v) is 11.6. The van der Waals surface area contributed by atoms with Crippen molar-refractivity contribution in [2.45, 2.75) is 44.6 Å². The molecule has 0 saturated carbocycles. The van der Waals surface area contributed by atoms with Gasteiger partial charge in [-0.3, -0.25) is 4.79 Å². The fourth-order valence-electron chi connectivity index (χ4n) is 3.94. The summed E-state index contributed by atoms with van der Waals surface area (Å²) in [4.78, 5) is 17.4. The lowest BCUT2D eigenvalue weighted by molar-refractivity contribution is -0.116. The van der Waals surface area contributed by atoms with Crippen molar-refractivity contribution < 1.29 is 13.2 Å². The van der Waals surface area contributed by atoms with Crippen LogP contribution in [0.15, 0.2) is 47.4 Å². The highest BCUT2D eigenvalue weighted by molar-refractivity contribution is 7.89. The van der Waals surface area contributed by atoms with Crippen LogP contribution in [0.3, 0.4) is 0 Å². The van der Waals surface area contributed by atoms with Gasteiger partial charge < -0.3 is 9.88 Å². The molecular formula is C22H26N4O3S. The smallest absolute Gasteiger partial charge is 0.244 e. The number of carbonyl (C=O) groups excluding carboxylic acids is 1. The number of fused-ring (bicyclic) bond motifs is 1. The predicted molar refractivity (Wildman–Crippen MR) is 117 cm³/mol. The number of piperidine rings is 1. The molecule has 1 aromatic heterocycles. The van der Waals surface area contributed by atoms with E-state index in [0.29, 0.717) is 24.3 Å². The van der Waals surface area contributed by atoms with Crippen molar-refractivity contribution in [2.24, 2.45) is 0 Å². The maximum Gasteiger partial charge on any atom is 0.244 e. The van der Waals surface area contributed by atoms with Crippen LogP contribution in [0.2, 0.25) is 0 Å². The number of nitrogens with one attached hydrogen (secondary N) is 1. The Morgan fingerprint density at radius 3 is 2.57 bits per heavy atom. The average Bonchev–Trinajstić information content (AvgIpc) is 3.05. The van der Waals surface area contributed by atoms with Gasteiger partial charge in [0.2, 0.25) is 15.9 Å². The van der Waals surface area contributed by atoms with Gasteiger partial charge in [0.05, 0.1) is 15.9 Å². The summed E-state index contributed by atoms with van der Waals surface area (Å²) < 4.78 is 29.6. The molecule has 2 aromatic carbocycles. The summed E-state index contributed by atoms with van der Waals surface area (Å²) in [6, 6.07) is 12.7. The number of aryl methyl sites for hydroxylation is 2. The van der Waals surface area contributed by atoms with Crippen LogP contribution in [0.25, 0.3) is 11.0 Å². The van der Waals surface area contributed by atoms with Crippen LogP contribution in [-0.4, -0.2) is 41.3 Å². The van der Waals surface area contributed by atoms with Gasteiger partial charge in [-0.2, -0.15) is 4.31 Å². The Balaban J connectivity index is 1.55. The first kappa shape index (κ1) is 20.6. The van der Waals surface area contributed by atoms with E-state index in [1.807, 2.05) is 35.8 Å². The molecule has 2 heterocycles. The maximum atomic E-state index is 13.1. The van der Waals surface area contributed by atoms with Gasteiger partial charge in [0.1, 0.15) is 12.4 Å². The molecular weight excluding hydrogens is 400 g/mol. The summed E-state index contributed by atoms with van der Waals surface area (Å²) in [6.07, 6.45) is 2.82. The van der Waals surface area contributed by atoms with E-state index >= 15 is 0 Å². The normalized spacial score (nSPS) is 15.4. The van der Waals surface area contributed by atoms with Gasteiger partial charge in [0.25, 0.3) is 0 Å². The molecule has 0 atom stereocenters. The Labute approximate surface area is 176 Å². The molecule has 4 rings (SSSR count). The lowest BCUT2D eigenvalue weighted by atomic mass is 10.2. The number of sulfonamides is 1. The molecule has 0 radical (unpaired) electrons. The fraction of sp³-hybridized carbons (Fsp3) is 0.364. The highest BCUT2D eigenvalue weighted by Gasteiger charge is 2.27. The molecule has 1 N–H and O–H groups in total. The number of anilines is 1. The molecule has 1 saturated heterocycles. The number of carbonyl (C=O) groups is 1. The summed E-state index contributed by atoms with van der Waals surface area (Å²) in [6.45, 7) is 4.84. The number of imidazole rings is 1. The van der Waals surface area contributed by atoms with Crippen molar-refractivity contribution in [3.8, 4) is 0 Å². The summed E-state index contributed by atoms with van der Waals surface area (Å²) in [5, 5.41) is 2.84. The van der Waals surface area contributed by atoms with Crippen LogP contribution in [-0.2, 0) is 21.4 Å². The van der Waals surface area contributed by atoms with Crippen molar-refractivity contribution >= 4 is 32.7 Å². The highest BCUT2D eigenvalue weighted by Crippen LogP contribution is 2.26. The first-order valence-electron chi connectivity index (χ1n) is 10.2. The molecule has 158 valence electrons. The molecule has 3 aromatic rings. The van der Waals surface area contributed by atoms with Crippen molar-refractivity contribution in [2.75, 3.05) is 18.4 Å². The van der Waals surface area contributed by atoms with E-state index in [-0.39, 0.29) is 17.3 Å². The van der Waals surface area contributed by atoms with E-state index in [9.17, 15) is 13.2 Å². The molecule has 7 nitrogen and oxygen atoms in total. The molecule has 0 bridgehead atoms. The number of hydrogen-bond donors (Lipinski definition) is 1. The second kappa shape index (κ2) is 8.20. The fourth-order valence-corrected chi connectivity index (χ4v) is 5.71. The molecule has 1 aliphatic rings. The second-order valence-corrected chi connectivity index (χ2v) is 9.63. The van der Waals surface area contributed by atoms with Gasteiger partial charge in [0.15, 0.2) is 0 Å². The lowest BCUT2D eigenvalue weighted by Crippen LogP contribution is -2.36. The standard InChI is InChI=1S/C22H26N4O3S/c1-16-10-11-18(14-21(16)30(28,29)25-12-6-3-7-13-25)24-22(27)15-26-17(2)23-19-8-4-5-9-20(19)26/h4-5,8-11,14H,3,6-7,12-13,15H2,1-2H3,(H,24,27). The largest absolute Gasteiger partial charge is 0.324 e. The van der Waals surface area contributed by atoms with E-state index in [1.54, 1.807) is 29.4 Å². The van der Waals surface area contributed by atoms with E-state index in [4.69, 9.17) is 0 Å². The van der Waals surface area contributed by atoms with Crippen LogP contribution in [0.1, 0.15) is 30.7 Å². The summed E-state index contributed by atoms with van der Waals surface area (Å²) in [5.41, 5.74) is 2.88. The van der Waals surface area contributed by atoms with Crippen LogP contribution >= 0.6 is 0 Å². The van der Waals surface area contributed by atoms with E-state index in [2.05, 4.69) is 10.3 Å². The summed E-state index contributed by atoms with van der Waals surface area (Å²) in [5.74, 6) is 0.523. The lowest BCUT2D eigenvalue weighted by Gasteiger charge is -2.26. The molecule has 1 aliphatic heterocycles. The van der Waals surface area contributed by atoms with Gasteiger partial charge in [0, 0.05) is 18.8 Å². The van der Waals surface area contributed by atoms with Gasteiger partial charge in [-0.25, -0.2) is 13.4 Å². The number of nitrogens with zero attached hydrogens (tertiary/aromatic N) is 3. The molecule has 0 unspecified atom stereocenters. The van der Waals surface area contributed by atoms with Gasteiger partial charge in [-0.05, 0) is 56.5 Å². The predicted octanol–water partition coefficient (Wildman–Crippen LogP) is 3.47. The quantitative estimate of drug-likeness (QED) is 0.677. The molecule has 30 heavy (non-hydrogen) atoms. The SMILES string of the molecule is Cc1ccc(NC(=O)Cn2c(C)nc3ccccc32)cc1S(=O)(=O)N1CCCCC1. The monoisotopic (exact) mass is 426 g/mol. The summed E-state index contributed by atoms with van der Waals surface area (Å²) in [7, 11) is -3.57. The van der Waals surface area contributed by atoms with Crippen molar-refractivity contribution in [1.29, 1.82) is 0 Å². The zero-order chi connectivity index (χ0) is 21.3. The number of para-hydroxylation sites is 2. The zero-order valence-electron chi connectivity index (χ0n) is 17.3. The minimum absolute atomic E-state index is 0.106. The molecule has 0 aliphatic carbocycles. The third-order valence-electron chi connectivity index (χ3n) is 5.55. The number of amides is 1. The Bertz CT molecular complexity index is 1190. The van der Waals surface area contributed by atoms with E-state index in [1.165, 1.54) is 0 Å². The highest BCUT2D eigenvalue weighted by atomic mass is 32.2. The van der Waals surface area contributed by atoms with Gasteiger partial charge >= 0.3 is 0 Å². The number of benzene rings is 2. The van der Waals surface area contributed by atoms with Crippen molar-refractivity contribution in [1.82, 2.24) is 13.9 Å². The first-order chi connectivity index (χ1) is 14.4. The zero-order valence-corrected chi connectivity index (χ0v) is 18.1. The Morgan fingerprint density at radius 2 is 1.80 bits per heavy atom. The molecule has 1 fully saturated rings. The Morgan fingerprint density at radius 1 is 1.07 bits per heavy atom. The minimum atomic E-state index is -3.57. The van der Waals surface area contributed by atoms with Gasteiger partial charge in [-0.15, -0.1) is 0 Å². The molecule has 0 spiro atoms. The third-order valence-corrected chi connectivity index (χ3v) is 7.59. The minimum Gasteiger partial charge on any atom is -0.324 e. The van der Waals surface area contributed by atoms with Crippen LogP contribution in [0, 0.1) is 13.8 Å². The maximum absolute atomic E-state index is 13.1. The number of rotatable bonds is 5. The van der Waals surface area contributed by atoms with Crippen LogP contribution < -0.4 is 5.32 Å². The average molecular weight is 427 g/mol.